The molecule has 3 unspecified atom stereocenters. The topological polar surface area (TPSA) is 42.0 Å². The molecule has 3 nitrogen and oxygen atoms in total. The molecule has 1 N–H and O–H groups in total. The van der Waals surface area contributed by atoms with Gasteiger partial charge in [0.2, 0.25) is 0 Å². The van der Waals surface area contributed by atoms with Crippen LogP contribution in [0.3, 0.4) is 0 Å². The predicted molar refractivity (Wildman–Crippen MR) is 72.8 cm³/mol. The molecule has 0 aliphatic carbocycles. The minimum Gasteiger partial charge on any atom is -0.304 e. The zero-order valence-corrected chi connectivity index (χ0v) is 11.2. The molecule has 0 saturated carbocycles. The minimum absolute atomic E-state index is 0.150. The van der Waals surface area contributed by atoms with E-state index in [9.17, 15) is 4.21 Å². The van der Waals surface area contributed by atoms with Gasteiger partial charge in [-0.25, -0.2) is 4.98 Å². The molecule has 1 fully saturated rings. The Bertz CT molecular complexity index is 533. The highest BCUT2D eigenvalue weighted by Crippen LogP contribution is 2.28. The van der Waals surface area contributed by atoms with E-state index in [1.165, 1.54) is 4.70 Å². The molecule has 1 aromatic heterocycles. The maximum absolute atomic E-state index is 11.7. The van der Waals surface area contributed by atoms with Crippen molar-refractivity contribution in [2.45, 2.75) is 19.0 Å². The lowest BCUT2D eigenvalue weighted by Crippen LogP contribution is -2.43. The van der Waals surface area contributed by atoms with Gasteiger partial charge in [0.1, 0.15) is 5.01 Å². The Balaban J connectivity index is 1.95. The van der Waals surface area contributed by atoms with Gasteiger partial charge in [0.15, 0.2) is 0 Å². The molecule has 1 saturated heterocycles. The summed E-state index contributed by atoms with van der Waals surface area (Å²) in [5.41, 5.74) is 1.04. The highest BCUT2D eigenvalue weighted by Gasteiger charge is 2.26. The molecule has 3 rings (SSSR count). The lowest BCUT2D eigenvalue weighted by Gasteiger charge is -2.26. The van der Waals surface area contributed by atoms with E-state index >= 15 is 0 Å². The molecular formula is C12H14N2OS2. The van der Waals surface area contributed by atoms with E-state index in [4.69, 9.17) is 0 Å². The summed E-state index contributed by atoms with van der Waals surface area (Å²) in [5.74, 6) is 1.44. The predicted octanol–water partition coefficient (Wildman–Crippen LogP) is 2.08. The second-order valence-electron chi connectivity index (χ2n) is 4.41. The number of hydrogen-bond acceptors (Lipinski definition) is 4. The highest BCUT2D eigenvalue weighted by atomic mass is 32.2. The van der Waals surface area contributed by atoms with Gasteiger partial charge < -0.3 is 5.32 Å². The number of nitrogens with one attached hydrogen (secondary N) is 1. The molecule has 0 radical (unpaired) electrons. The summed E-state index contributed by atoms with van der Waals surface area (Å²) in [6.07, 6.45) is 0. The first-order chi connectivity index (χ1) is 8.22. The van der Waals surface area contributed by atoms with E-state index in [1.54, 1.807) is 11.3 Å². The lowest BCUT2D eigenvalue weighted by molar-refractivity contribution is 0.489. The van der Waals surface area contributed by atoms with E-state index in [0.717, 1.165) is 16.3 Å². The van der Waals surface area contributed by atoms with Crippen LogP contribution in [0.4, 0.5) is 0 Å². The molecule has 90 valence electrons. The first kappa shape index (κ1) is 11.3. The fourth-order valence-corrected chi connectivity index (χ4v) is 4.70. The Hall–Kier alpha value is -0.780. The summed E-state index contributed by atoms with van der Waals surface area (Å²) in [6.45, 7) is 2.08. The number of hydrogen-bond donors (Lipinski definition) is 1. The summed E-state index contributed by atoms with van der Waals surface area (Å²) in [5, 5.41) is 4.54. The molecule has 3 atom stereocenters. The van der Waals surface area contributed by atoms with Crippen molar-refractivity contribution in [2.75, 3.05) is 11.5 Å². The molecule has 2 heterocycles. The molecular weight excluding hydrogens is 252 g/mol. The molecule has 0 bridgehead atoms. The minimum atomic E-state index is -0.718. The Morgan fingerprint density at radius 1 is 1.41 bits per heavy atom. The van der Waals surface area contributed by atoms with Crippen molar-refractivity contribution in [3.8, 4) is 0 Å². The molecule has 0 amide bonds. The second kappa shape index (κ2) is 4.48. The van der Waals surface area contributed by atoms with Crippen molar-refractivity contribution < 1.29 is 4.21 Å². The van der Waals surface area contributed by atoms with Gasteiger partial charge in [0, 0.05) is 28.3 Å². The van der Waals surface area contributed by atoms with Crippen LogP contribution in [0.1, 0.15) is 18.0 Å². The van der Waals surface area contributed by atoms with Gasteiger partial charge in [0.05, 0.1) is 16.3 Å². The number of benzene rings is 1. The molecule has 1 aliphatic rings. The number of fused-ring (bicyclic) bond motifs is 1. The number of para-hydroxylation sites is 1. The molecule has 1 aliphatic heterocycles. The van der Waals surface area contributed by atoms with Crippen LogP contribution in [-0.4, -0.2) is 26.7 Å². The number of rotatable bonds is 1. The van der Waals surface area contributed by atoms with Crippen LogP contribution in [0.5, 0.6) is 0 Å². The molecule has 17 heavy (non-hydrogen) atoms. The normalized spacial score (nSPS) is 29.6. The van der Waals surface area contributed by atoms with Gasteiger partial charge >= 0.3 is 0 Å². The van der Waals surface area contributed by atoms with E-state index in [1.807, 2.05) is 18.2 Å². The maximum Gasteiger partial charge on any atom is 0.112 e. The number of thiazole rings is 1. The van der Waals surface area contributed by atoms with Crippen LogP contribution in [0.25, 0.3) is 10.2 Å². The van der Waals surface area contributed by atoms with Gasteiger partial charge in [-0.15, -0.1) is 11.3 Å². The van der Waals surface area contributed by atoms with Gasteiger partial charge in [-0.3, -0.25) is 4.21 Å². The third kappa shape index (κ3) is 2.27. The molecule has 1 aromatic carbocycles. The van der Waals surface area contributed by atoms with E-state index < -0.39 is 10.8 Å². The van der Waals surface area contributed by atoms with Gasteiger partial charge in [-0.05, 0) is 19.1 Å². The summed E-state index contributed by atoms with van der Waals surface area (Å²) in [7, 11) is -0.718. The zero-order valence-electron chi connectivity index (χ0n) is 9.55. The Labute approximate surface area is 107 Å². The fourth-order valence-electron chi connectivity index (χ4n) is 2.15. The van der Waals surface area contributed by atoms with Crippen LogP contribution in [0.15, 0.2) is 24.3 Å². The largest absolute Gasteiger partial charge is 0.304 e. The Morgan fingerprint density at radius 3 is 3.00 bits per heavy atom. The second-order valence-corrected chi connectivity index (χ2v) is 7.02. The molecule has 5 heteroatoms. The SMILES string of the molecule is CC1CS(=O)CC(c2nc3ccccc3s2)N1. The quantitative estimate of drug-likeness (QED) is 0.859. The number of aromatic nitrogens is 1. The molecule has 0 spiro atoms. The molecule has 2 aromatic rings. The summed E-state index contributed by atoms with van der Waals surface area (Å²) >= 11 is 1.70. The van der Waals surface area contributed by atoms with E-state index in [0.29, 0.717) is 11.8 Å². The number of nitrogens with zero attached hydrogens (tertiary/aromatic N) is 1. The average molecular weight is 266 g/mol. The van der Waals surface area contributed by atoms with Crippen LogP contribution in [0, 0.1) is 0 Å². The standard InChI is InChI=1S/C12H14N2OS2/c1-8-6-17(15)7-10(13-8)12-14-9-4-2-3-5-11(9)16-12/h2-5,8,10,13H,6-7H2,1H3. The van der Waals surface area contributed by atoms with Crippen molar-refractivity contribution in [1.82, 2.24) is 10.3 Å². The van der Waals surface area contributed by atoms with Crippen molar-refractivity contribution >= 4 is 32.4 Å². The lowest BCUT2D eigenvalue weighted by atomic mass is 10.3. The summed E-state index contributed by atoms with van der Waals surface area (Å²) in [4.78, 5) is 4.63. The highest BCUT2D eigenvalue weighted by molar-refractivity contribution is 7.85. The fraction of sp³-hybridized carbons (Fsp3) is 0.417. The summed E-state index contributed by atoms with van der Waals surface area (Å²) in [6, 6.07) is 8.59. The summed E-state index contributed by atoms with van der Waals surface area (Å²) < 4.78 is 12.9. The zero-order chi connectivity index (χ0) is 11.8. The van der Waals surface area contributed by atoms with Crippen molar-refractivity contribution in [2.24, 2.45) is 0 Å². The van der Waals surface area contributed by atoms with Gasteiger partial charge in [-0.1, -0.05) is 12.1 Å². The van der Waals surface area contributed by atoms with Crippen LogP contribution < -0.4 is 5.32 Å². The van der Waals surface area contributed by atoms with Crippen molar-refractivity contribution in [3.63, 3.8) is 0 Å². The first-order valence-corrected chi connectivity index (χ1v) is 7.99. The van der Waals surface area contributed by atoms with Gasteiger partial charge in [-0.2, -0.15) is 0 Å². The Kier molecular flexibility index (Phi) is 2.98. The maximum atomic E-state index is 11.7. The van der Waals surface area contributed by atoms with Crippen LogP contribution >= 0.6 is 11.3 Å². The van der Waals surface area contributed by atoms with Crippen molar-refractivity contribution in [3.05, 3.63) is 29.3 Å². The van der Waals surface area contributed by atoms with E-state index in [-0.39, 0.29) is 6.04 Å². The third-order valence-corrected chi connectivity index (χ3v) is 5.61. The smallest absolute Gasteiger partial charge is 0.112 e. The van der Waals surface area contributed by atoms with Crippen molar-refractivity contribution in [1.29, 1.82) is 0 Å². The monoisotopic (exact) mass is 266 g/mol. The van der Waals surface area contributed by atoms with Gasteiger partial charge in [0.25, 0.3) is 0 Å². The van der Waals surface area contributed by atoms with E-state index in [2.05, 4.69) is 23.3 Å². The van der Waals surface area contributed by atoms with Crippen LogP contribution in [0.2, 0.25) is 0 Å². The Morgan fingerprint density at radius 2 is 2.24 bits per heavy atom. The third-order valence-electron chi connectivity index (χ3n) is 2.88. The van der Waals surface area contributed by atoms with Crippen LogP contribution in [-0.2, 0) is 10.8 Å². The first-order valence-electron chi connectivity index (χ1n) is 5.69. The average Bonchev–Trinajstić information content (AvgIpc) is 2.71.